The lowest BCUT2D eigenvalue weighted by molar-refractivity contribution is -0.139. The summed E-state index contributed by atoms with van der Waals surface area (Å²) in [4.78, 5) is 30.5. The Morgan fingerprint density at radius 1 is 1.17 bits per heavy atom. The maximum Gasteiger partial charge on any atom is 0.331 e. The Bertz CT molecular complexity index is 1030. The lowest BCUT2D eigenvalue weighted by Gasteiger charge is -2.23. The highest BCUT2D eigenvalue weighted by atomic mass is 32.1. The zero-order valence-electron chi connectivity index (χ0n) is 16.8. The van der Waals surface area contributed by atoms with Gasteiger partial charge in [0.1, 0.15) is 6.61 Å². The van der Waals surface area contributed by atoms with Gasteiger partial charge in [0.05, 0.1) is 11.4 Å². The van der Waals surface area contributed by atoms with Crippen molar-refractivity contribution in [3.8, 4) is 0 Å². The molecular weight excluding hydrogens is 404 g/mol. The van der Waals surface area contributed by atoms with Gasteiger partial charge in [-0.3, -0.25) is 9.69 Å². The minimum Gasteiger partial charge on any atom is -0.456 e. The van der Waals surface area contributed by atoms with Gasteiger partial charge >= 0.3 is 5.97 Å². The molecule has 5 nitrogen and oxygen atoms in total. The van der Waals surface area contributed by atoms with E-state index in [0.717, 1.165) is 27.9 Å². The first-order valence-electron chi connectivity index (χ1n) is 9.05. The second kappa shape index (κ2) is 9.15. The van der Waals surface area contributed by atoms with Gasteiger partial charge in [-0.15, -0.1) is 11.3 Å². The number of aryl methyl sites for hydroxylation is 3. The van der Waals surface area contributed by atoms with Gasteiger partial charge in [-0.05, 0) is 60.4 Å². The molecule has 0 aliphatic carbocycles. The van der Waals surface area contributed by atoms with E-state index in [1.54, 1.807) is 27.7 Å². The molecule has 0 spiro atoms. The van der Waals surface area contributed by atoms with Crippen molar-refractivity contribution in [3.63, 3.8) is 0 Å². The summed E-state index contributed by atoms with van der Waals surface area (Å²) in [5.74, 6) is -0.545. The molecule has 7 heteroatoms. The molecule has 2 heterocycles. The first-order chi connectivity index (χ1) is 13.8. The van der Waals surface area contributed by atoms with Crippen LogP contribution in [0.15, 0.2) is 40.4 Å². The number of ether oxygens (including phenoxy) is 1. The van der Waals surface area contributed by atoms with Crippen LogP contribution in [0.25, 0.3) is 6.08 Å². The maximum absolute atomic E-state index is 12.4. The second-order valence-corrected chi connectivity index (χ2v) is 8.34. The third kappa shape index (κ3) is 5.19. The van der Waals surface area contributed by atoms with Crippen LogP contribution in [0.1, 0.15) is 34.9 Å². The number of carbonyl (C=O) groups is 2. The van der Waals surface area contributed by atoms with E-state index < -0.39 is 5.97 Å². The molecule has 0 unspecified atom stereocenters. The average molecular weight is 427 g/mol. The number of amides is 1. The summed E-state index contributed by atoms with van der Waals surface area (Å²) >= 11 is 2.92. The van der Waals surface area contributed by atoms with E-state index in [2.05, 4.69) is 4.98 Å². The molecule has 0 fully saturated rings. The summed E-state index contributed by atoms with van der Waals surface area (Å²) in [6, 6.07) is 6.02. The molecule has 0 bridgehead atoms. The lowest BCUT2D eigenvalue weighted by Crippen LogP contribution is -2.24. The zero-order valence-corrected chi connectivity index (χ0v) is 18.4. The fourth-order valence-electron chi connectivity index (χ4n) is 3.11. The molecule has 0 saturated heterocycles. The van der Waals surface area contributed by atoms with Crippen molar-refractivity contribution in [3.05, 3.63) is 68.4 Å². The number of benzene rings is 1. The van der Waals surface area contributed by atoms with Crippen molar-refractivity contribution < 1.29 is 14.3 Å². The summed E-state index contributed by atoms with van der Waals surface area (Å²) in [6.45, 7) is 7.59. The molecule has 150 valence electrons. The van der Waals surface area contributed by atoms with Gasteiger partial charge in [0.2, 0.25) is 5.91 Å². The van der Waals surface area contributed by atoms with Gasteiger partial charge < -0.3 is 4.74 Å². The molecule has 0 aliphatic rings. The molecule has 0 saturated carbocycles. The van der Waals surface area contributed by atoms with E-state index >= 15 is 0 Å². The van der Waals surface area contributed by atoms with Crippen LogP contribution in [-0.4, -0.2) is 16.9 Å². The third-order valence-electron chi connectivity index (χ3n) is 4.22. The van der Waals surface area contributed by atoms with Gasteiger partial charge in [-0.1, -0.05) is 17.7 Å². The number of aromatic nitrogens is 1. The van der Waals surface area contributed by atoms with Crippen molar-refractivity contribution in [1.29, 1.82) is 0 Å². The van der Waals surface area contributed by atoms with Crippen LogP contribution < -0.4 is 4.90 Å². The van der Waals surface area contributed by atoms with E-state index in [1.807, 2.05) is 49.7 Å². The topological polar surface area (TPSA) is 59.5 Å². The smallest absolute Gasteiger partial charge is 0.331 e. The second-order valence-electron chi connectivity index (χ2n) is 6.72. The number of nitrogens with zero attached hydrogens (tertiary/aromatic N) is 2. The highest BCUT2D eigenvalue weighted by molar-refractivity contribution is 7.14. The van der Waals surface area contributed by atoms with Gasteiger partial charge in [-0.2, -0.15) is 11.3 Å². The standard InChI is InChI=1S/C22H22N2O3S2/c1-14-9-15(2)21(16(3)10-14)24(17(4)25)22-23-19(13-29-22)11-27-20(26)6-5-18-7-8-28-12-18/h5-10,12-13H,11H2,1-4H3/b6-5-. The van der Waals surface area contributed by atoms with Crippen LogP contribution in [-0.2, 0) is 20.9 Å². The van der Waals surface area contributed by atoms with Crippen molar-refractivity contribution in [1.82, 2.24) is 4.98 Å². The normalized spacial score (nSPS) is 11.0. The molecule has 1 aromatic carbocycles. The highest BCUT2D eigenvalue weighted by Gasteiger charge is 2.22. The largest absolute Gasteiger partial charge is 0.456 e. The summed E-state index contributed by atoms with van der Waals surface area (Å²) < 4.78 is 5.27. The first-order valence-corrected chi connectivity index (χ1v) is 10.9. The Kier molecular flexibility index (Phi) is 6.61. The Balaban J connectivity index is 1.73. The van der Waals surface area contributed by atoms with E-state index in [9.17, 15) is 9.59 Å². The van der Waals surface area contributed by atoms with Crippen LogP contribution in [0, 0.1) is 20.8 Å². The zero-order chi connectivity index (χ0) is 21.0. The Hall–Kier alpha value is -2.77. The minimum absolute atomic E-state index is 0.0565. The molecule has 3 aromatic rings. The number of carbonyl (C=O) groups excluding carboxylic acids is 2. The Morgan fingerprint density at radius 3 is 2.52 bits per heavy atom. The summed E-state index contributed by atoms with van der Waals surface area (Å²) in [5, 5.41) is 6.26. The highest BCUT2D eigenvalue weighted by Crippen LogP contribution is 2.34. The predicted molar refractivity (Wildman–Crippen MR) is 119 cm³/mol. The van der Waals surface area contributed by atoms with Crippen LogP contribution in [0.3, 0.4) is 0 Å². The fourth-order valence-corrected chi connectivity index (χ4v) is 4.59. The number of rotatable bonds is 6. The lowest BCUT2D eigenvalue weighted by atomic mass is 10.0. The molecule has 2 aromatic heterocycles. The molecule has 0 radical (unpaired) electrons. The first kappa shape index (κ1) is 21.0. The molecule has 0 aliphatic heterocycles. The van der Waals surface area contributed by atoms with Crippen molar-refractivity contribution in [2.24, 2.45) is 0 Å². The summed E-state index contributed by atoms with van der Waals surface area (Å²) in [7, 11) is 0. The van der Waals surface area contributed by atoms with Crippen molar-refractivity contribution >= 4 is 51.4 Å². The average Bonchev–Trinajstić information content (AvgIpc) is 3.32. The number of hydrogen-bond acceptors (Lipinski definition) is 6. The maximum atomic E-state index is 12.4. The van der Waals surface area contributed by atoms with Crippen LogP contribution in [0.2, 0.25) is 0 Å². The number of esters is 1. The van der Waals surface area contributed by atoms with E-state index in [1.165, 1.54) is 24.3 Å². The number of anilines is 2. The SMILES string of the molecule is CC(=O)N(c1nc(COC(=O)/C=C\c2ccsc2)cs1)c1c(C)cc(C)cc1C. The van der Waals surface area contributed by atoms with Gasteiger partial charge in [-0.25, -0.2) is 9.78 Å². The number of thiophene rings is 1. The third-order valence-corrected chi connectivity index (χ3v) is 5.80. The van der Waals surface area contributed by atoms with E-state index in [0.29, 0.717) is 10.8 Å². The Morgan fingerprint density at radius 2 is 1.90 bits per heavy atom. The van der Waals surface area contributed by atoms with E-state index in [-0.39, 0.29) is 12.5 Å². The Labute approximate surface area is 178 Å². The van der Waals surface area contributed by atoms with Gasteiger partial charge in [0.25, 0.3) is 0 Å². The van der Waals surface area contributed by atoms with Crippen LogP contribution in [0.5, 0.6) is 0 Å². The summed E-state index contributed by atoms with van der Waals surface area (Å²) in [6.07, 6.45) is 3.11. The minimum atomic E-state index is -0.431. The van der Waals surface area contributed by atoms with Crippen LogP contribution >= 0.6 is 22.7 Å². The monoisotopic (exact) mass is 426 g/mol. The quantitative estimate of drug-likeness (QED) is 0.382. The molecule has 0 atom stereocenters. The summed E-state index contributed by atoms with van der Waals surface area (Å²) in [5.41, 5.74) is 5.59. The fraction of sp³-hybridized carbons (Fsp3) is 0.227. The van der Waals surface area contributed by atoms with Crippen LogP contribution in [0.4, 0.5) is 10.8 Å². The predicted octanol–water partition coefficient (Wildman–Crippen LogP) is 5.57. The van der Waals surface area contributed by atoms with Crippen molar-refractivity contribution in [2.45, 2.75) is 34.3 Å². The molecule has 29 heavy (non-hydrogen) atoms. The molecule has 3 rings (SSSR count). The van der Waals surface area contributed by atoms with Crippen molar-refractivity contribution in [2.75, 3.05) is 4.90 Å². The number of hydrogen-bond donors (Lipinski definition) is 0. The van der Waals surface area contributed by atoms with E-state index in [4.69, 9.17) is 4.74 Å². The van der Waals surface area contributed by atoms with Gasteiger partial charge in [0.15, 0.2) is 5.13 Å². The van der Waals surface area contributed by atoms with Gasteiger partial charge in [0, 0.05) is 18.4 Å². The molecule has 1 amide bonds. The number of thiazole rings is 1. The molecule has 0 N–H and O–H groups in total. The molecular formula is C22H22N2O3S2.